The molecule has 1 aromatic heterocycles. The monoisotopic (exact) mass is 300 g/mol. The summed E-state index contributed by atoms with van der Waals surface area (Å²) in [5, 5.41) is 0.825. The SMILES string of the molecule is Cc1ncoc1C(=O)N1CCCCCC1CBr. The van der Waals surface area contributed by atoms with E-state index in [-0.39, 0.29) is 11.9 Å². The van der Waals surface area contributed by atoms with Gasteiger partial charge in [-0.3, -0.25) is 4.79 Å². The maximum Gasteiger partial charge on any atom is 0.291 e. The molecule has 1 aliphatic rings. The van der Waals surface area contributed by atoms with Gasteiger partial charge in [-0.05, 0) is 19.8 Å². The molecule has 0 bridgehead atoms. The Morgan fingerprint density at radius 2 is 2.41 bits per heavy atom. The van der Waals surface area contributed by atoms with Crippen molar-refractivity contribution in [1.82, 2.24) is 9.88 Å². The number of carbonyl (C=O) groups is 1. The van der Waals surface area contributed by atoms with Crippen molar-refractivity contribution in [1.29, 1.82) is 0 Å². The Labute approximate surface area is 110 Å². The predicted molar refractivity (Wildman–Crippen MR) is 68.3 cm³/mol. The molecule has 1 aliphatic heterocycles. The standard InChI is InChI=1S/C12H17BrN2O2/c1-9-11(17-8-14-9)12(16)15-6-4-2-3-5-10(15)7-13/h8,10H,2-7H2,1H3. The van der Waals surface area contributed by atoms with E-state index in [1.165, 1.54) is 19.2 Å². The lowest BCUT2D eigenvalue weighted by Crippen LogP contribution is -2.41. The van der Waals surface area contributed by atoms with Crippen LogP contribution in [0.25, 0.3) is 0 Å². The third kappa shape index (κ3) is 2.70. The van der Waals surface area contributed by atoms with Gasteiger partial charge in [0.25, 0.3) is 5.91 Å². The molecule has 1 unspecified atom stereocenters. The van der Waals surface area contributed by atoms with E-state index in [0.29, 0.717) is 11.5 Å². The van der Waals surface area contributed by atoms with E-state index in [2.05, 4.69) is 20.9 Å². The molecule has 4 nitrogen and oxygen atoms in total. The molecule has 1 atom stereocenters. The number of halogens is 1. The van der Waals surface area contributed by atoms with Gasteiger partial charge in [0.1, 0.15) is 0 Å². The summed E-state index contributed by atoms with van der Waals surface area (Å²) in [7, 11) is 0. The molecule has 2 heterocycles. The van der Waals surface area contributed by atoms with Crippen LogP contribution >= 0.6 is 15.9 Å². The maximum absolute atomic E-state index is 12.4. The predicted octanol–water partition coefficient (Wildman–Crippen LogP) is 2.76. The van der Waals surface area contributed by atoms with E-state index in [4.69, 9.17) is 4.42 Å². The zero-order valence-corrected chi connectivity index (χ0v) is 11.6. The lowest BCUT2D eigenvalue weighted by molar-refractivity contribution is 0.0668. The van der Waals surface area contributed by atoms with E-state index in [0.717, 1.165) is 24.7 Å². The molecule has 94 valence electrons. The Balaban J connectivity index is 2.18. The van der Waals surface area contributed by atoms with Gasteiger partial charge in [-0.1, -0.05) is 28.8 Å². The second-order valence-electron chi connectivity index (χ2n) is 4.42. The lowest BCUT2D eigenvalue weighted by atomic mass is 10.1. The van der Waals surface area contributed by atoms with E-state index in [9.17, 15) is 4.79 Å². The summed E-state index contributed by atoms with van der Waals surface area (Å²) >= 11 is 3.50. The Morgan fingerprint density at radius 3 is 3.06 bits per heavy atom. The number of hydrogen-bond donors (Lipinski definition) is 0. The fourth-order valence-electron chi connectivity index (χ4n) is 2.24. The summed E-state index contributed by atoms with van der Waals surface area (Å²) < 4.78 is 5.20. The van der Waals surface area contributed by atoms with E-state index in [1.54, 1.807) is 6.92 Å². The fraction of sp³-hybridized carbons (Fsp3) is 0.667. The topological polar surface area (TPSA) is 46.3 Å². The van der Waals surface area contributed by atoms with Crippen LogP contribution in [0.1, 0.15) is 41.9 Å². The Kier molecular flexibility index (Phi) is 4.20. The van der Waals surface area contributed by atoms with Gasteiger partial charge in [0.2, 0.25) is 5.76 Å². The van der Waals surface area contributed by atoms with Crippen LogP contribution in [-0.2, 0) is 0 Å². The van der Waals surface area contributed by atoms with Crippen LogP contribution in [0.4, 0.5) is 0 Å². The molecule has 0 saturated carbocycles. The molecule has 1 aromatic rings. The molecule has 0 spiro atoms. The highest BCUT2D eigenvalue weighted by Crippen LogP contribution is 2.21. The first kappa shape index (κ1) is 12.6. The Hall–Kier alpha value is -0.840. The van der Waals surface area contributed by atoms with Crippen molar-refractivity contribution in [2.75, 3.05) is 11.9 Å². The van der Waals surface area contributed by atoms with Crippen LogP contribution < -0.4 is 0 Å². The van der Waals surface area contributed by atoms with Gasteiger partial charge >= 0.3 is 0 Å². The quantitative estimate of drug-likeness (QED) is 0.789. The first-order valence-corrected chi connectivity index (χ1v) is 7.13. The molecule has 1 saturated heterocycles. The van der Waals surface area contributed by atoms with Crippen LogP contribution in [0.2, 0.25) is 0 Å². The van der Waals surface area contributed by atoms with Crippen molar-refractivity contribution in [2.45, 2.75) is 38.6 Å². The molecule has 0 aliphatic carbocycles. The Morgan fingerprint density at radius 1 is 1.59 bits per heavy atom. The second kappa shape index (κ2) is 5.67. The Bertz CT molecular complexity index is 392. The zero-order valence-electron chi connectivity index (χ0n) is 9.99. The summed E-state index contributed by atoms with van der Waals surface area (Å²) in [5.41, 5.74) is 0.674. The summed E-state index contributed by atoms with van der Waals surface area (Å²) in [6.07, 6.45) is 5.86. The summed E-state index contributed by atoms with van der Waals surface area (Å²) in [6.45, 7) is 2.62. The first-order chi connectivity index (χ1) is 8.24. The van der Waals surface area contributed by atoms with E-state index < -0.39 is 0 Å². The number of oxazole rings is 1. The minimum Gasteiger partial charge on any atom is -0.438 e. The minimum absolute atomic E-state index is 0.0219. The average Bonchev–Trinajstić information content (AvgIpc) is 2.64. The number of alkyl halides is 1. The maximum atomic E-state index is 12.4. The molecule has 17 heavy (non-hydrogen) atoms. The minimum atomic E-state index is -0.0219. The van der Waals surface area contributed by atoms with E-state index >= 15 is 0 Å². The van der Waals surface area contributed by atoms with Crippen molar-refractivity contribution in [3.63, 3.8) is 0 Å². The molecule has 1 amide bonds. The smallest absolute Gasteiger partial charge is 0.291 e. The number of amides is 1. The van der Waals surface area contributed by atoms with Gasteiger partial charge in [0.05, 0.1) is 5.69 Å². The van der Waals surface area contributed by atoms with Crippen LogP contribution in [-0.4, -0.2) is 33.7 Å². The first-order valence-electron chi connectivity index (χ1n) is 6.01. The average molecular weight is 301 g/mol. The molecule has 0 aromatic carbocycles. The normalized spacial score (nSPS) is 21.3. The van der Waals surface area contributed by atoms with Gasteiger partial charge in [-0.15, -0.1) is 0 Å². The molecule has 2 rings (SSSR count). The van der Waals surface area contributed by atoms with Crippen molar-refractivity contribution < 1.29 is 9.21 Å². The summed E-state index contributed by atoms with van der Waals surface area (Å²) in [5.74, 6) is 0.365. The molecular weight excluding hydrogens is 284 g/mol. The van der Waals surface area contributed by atoms with Crippen LogP contribution in [0.5, 0.6) is 0 Å². The van der Waals surface area contributed by atoms with Crippen LogP contribution in [0, 0.1) is 6.92 Å². The van der Waals surface area contributed by atoms with Crippen molar-refractivity contribution >= 4 is 21.8 Å². The van der Waals surface area contributed by atoms with Gasteiger partial charge < -0.3 is 9.32 Å². The van der Waals surface area contributed by atoms with Crippen LogP contribution in [0.15, 0.2) is 10.8 Å². The highest BCUT2D eigenvalue weighted by molar-refractivity contribution is 9.09. The number of aromatic nitrogens is 1. The van der Waals surface area contributed by atoms with Crippen molar-refractivity contribution in [2.24, 2.45) is 0 Å². The lowest BCUT2D eigenvalue weighted by Gasteiger charge is -2.27. The summed E-state index contributed by atoms with van der Waals surface area (Å²) in [4.78, 5) is 18.3. The largest absolute Gasteiger partial charge is 0.438 e. The molecular formula is C12H17BrN2O2. The molecule has 5 heteroatoms. The number of likely N-dealkylation sites (tertiary alicyclic amines) is 1. The number of carbonyl (C=O) groups excluding carboxylic acids is 1. The van der Waals surface area contributed by atoms with E-state index in [1.807, 2.05) is 4.90 Å². The fourth-order valence-corrected chi connectivity index (χ4v) is 2.92. The van der Waals surface area contributed by atoms with Crippen molar-refractivity contribution in [3.8, 4) is 0 Å². The van der Waals surface area contributed by atoms with Gasteiger partial charge in [-0.2, -0.15) is 0 Å². The highest BCUT2D eigenvalue weighted by atomic mass is 79.9. The number of aryl methyl sites for hydroxylation is 1. The molecule has 0 N–H and O–H groups in total. The number of hydrogen-bond acceptors (Lipinski definition) is 3. The highest BCUT2D eigenvalue weighted by Gasteiger charge is 2.28. The van der Waals surface area contributed by atoms with Crippen molar-refractivity contribution in [3.05, 3.63) is 17.8 Å². The molecule has 0 radical (unpaired) electrons. The van der Waals surface area contributed by atoms with Gasteiger partial charge in [0, 0.05) is 17.9 Å². The summed E-state index contributed by atoms with van der Waals surface area (Å²) in [6, 6.07) is 0.273. The number of nitrogens with zero attached hydrogens (tertiary/aromatic N) is 2. The molecule has 1 fully saturated rings. The zero-order chi connectivity index (χ0) is 12.3. The third-order valence-corrected chi connectivity index (χ3v) is 4.00. The number of rotatable bonds is 2. The third-order valence-electron chi connectivity index (χ3n) is 3.26. The second-order valence-corrected chi connectivity index (χ2v) is 5.07. The van der Waals surface area contributed by atoms with Gasteiger partial charge in [-0.25, -0.2) is 4.98 Å². The van der Waals surface area contributed by atoms with Gasteiger partial charge in [0.15, 0.2) is 6.39 Å². The van der Waals surface area contributed by atoms with Crippen LogP contribution in [0.3, 0.4) is 0 Å².